The highest BCUT2D eigenvalue weighted by molar-refractivity contribution is 5.91. The number of carbonyl (C=O) groups excluding carboxylic acids is 1. The van der Waals surface area contributed by atoms with Crippen molar-refractivity contribution >= 4 is 5.97 Å². The molecule has 0 saturated carbocycles. The molecule has 0 amide bonds. The molecule has 2 heterocycles. The first-order chi connectivity index (χ1) is 10.7. The van der Waals surface area contributed by atoms with E-state index in [-0.39, 0.29) is 17.0 Å². The van der Waals surface area contributed by atoms with Crippen LogP contribution in [0.15, 0.2) is 42.2 Å². The van der Waals surface area contributed by atoms with E-state index in [1.54, 1.807) is 0 Å². The van der Waals surface area contributed by atoms with Gasteiger partial charge in [0.05, 0.1) is 12.6 Å². The largest absolute Gasteiger partial charge is 0.465 e. The molecule has 0 N–H and O–H groups in total. The van der Waals surface area contributed by atoms with Gasteiger partial charge in [-0.15, -0.1) is 5.06 Å². The van der Waals surface area contributed by atoms with Crippen LogP contribution in [0.3, 0.4) is 0 Å². The van der Waals surface area contributed by atoms with Gasteiger partial charge >= 0.3 is 5.97 Å². The second-order valence-corrected chi connectivity index (χ2v) is 7.14. The Morgan fingerprint density at radius 3 is 2.26 bits per heavy atom. The normalized spacial score (nSPS) is 28.9. The maximum Gasteiger partial charge on any atom is 0.340 e. The number of carbonyl (C=O) groups is 1. The zero-order chi connectivity index (χ0) is 17.0. The summed E-state index contributed by atoms with van der Waals surface area (Å²) >= 11 is 0. The summed E-state index contributed by atoms with van der Waals surface area (Å²) in [4.78, 5) is 20.6. The Morgan fingerprint density at radius 2 is 1.70 bits per heavy atom. The summed E-state index contributed by atoms with van der Waals surface area (Å²) in [6.07, 6.45) is 1.52. The Hall–Kier alpha value is -1.85. The van der Waals surface area contributed by atoms with Gasteiger partial charge in [0.25, 0.3) is 0 Å². The minimum absolute atomic E-state index is 0.240. The molecule has 0 radical (unpaired) electrons. The Bertz CT molecular complexity index is 666. The first-order valence-corrected chi connectivity index (χ1v) is 7.78. The fourth-order valence-corrected chi connectivity index (χ4v) is 3.73. The monoisotopic (exact) mass is 316 g/mol. The maximum atomic E-state index is 12.5. The van der Waals surface area contributed by atoms with E-state index >= 15 is 0 Å². The summed E-state index contributed by atoms with van der Waals surface area (Å²) in [6.45, 7) is 8.58. The molecule has 3 rings (SSSR count). The predicted octanol–water partition coefficient (Wildman–Crippen LogP) is 2.65. The molecule has 0 spiro atoms. The van der Waals surface area contributed by atoms with E-state index in [1.165, 1.54) is 13.4 Å². The number of hydroxylamine groups is 2. The molecule has 1 unspecified atom stereocenters. The van der Waals surface area contributed by atoms with Gasteiger partial charge in [-0.1, -0.05) is 30.3 Å². The molecule has 0 bridgehead atoms. The lowest BCUT2D eigenvalue weighted by atomic mass is 9.83. The van der Waals surface area contributed by atoms with Gasteiger partial charge in [-0.25, -0.2) is 4.79 Å². The third-order valence-electron chi connectivity index (χ3n) is 5.86. The van der Waals surface area contributed by atoms with Gasteiger partial charge < -0.3 is 9.57 Å². The van der Waals surface area contributed by atoms with Gasteiger partial charge in [-0.3, -0.25) is 4.90 Å². The molecule has 1 fully saturated rings. The summed E-state index contributed by atoms with van der Waals surface area (Å²) in [5, 5.41) is 1.92. The Morgan fingerprint density at radius 1 is 1.09 bits per heavy atom. The van der Waals surface area contributed by atoms with Crippen LogP contribution in [-0.4, -0.2) is 41.2 Å². The van der Waals surface area contributed by atoms with Crippen molar-refractivity contribution in [2.75, 3.05) is 14.2 Å². The molecular weight excluding hydrogens is 292 g/mol. The van der Waals surface area contributed by atoms with Gasteiger partial charge in [0.2, 0.25) is 0 Å². The molecule has 1 aromatic carbocycles. The lowest BCUT2D eigenvalue weighted by Crippen LogP contribution is -2.53. The number of likely N-dealkylation sites (N-methyl/N-ethyl adjacent to an activating group) is 1. The molecule has 1 atom stereocenters. The number of hydrogen-bond acceptors (Lipinski definition) is 5. The van der Waals surface area contributed by atoms with Gasteiger partial charge in [0.1, 0.15) is 11.8 Å². The predicted molar refractivity (Wildman–Crippen MR) is 87.1 cm³/mol. The van der Waals surface area contributed by atoms with Crippen LogP contribution in [0.4, 0.5) is 0 Å². The zero-order valence-electron chi connectivity index (χ0n) is 14.6. The summed E-state index contributed by atoms with van der Waals surface area (Å²) in [6, 6.07) is 9.95. The van der Waals surface area contributed by atoms with Crippen LogP contribution >= 0.6 is 0 Å². The Labute approximate surface area is 137 Å². The van der Waals surface area contributed by atoms with E-state index in [4.69, 9.17) is 9.57 Å². The summed E-state index contributed by atoms with van der Waals surface area (Å²) in [5.74, 6) is -0.378. The van der Waals surface area contributed by atoms with Crippen molar-refractivity contribution in [1.82, 2.24) is 9.96 Å². The van der Waals surface area contributed by atoms with Crippen molar-refractivity contribution < 1.29 is 14.4 Å². The number of fused-ring (bicyclic) bond motifs is 1. The fraction of sp³-hybridized carbons (Fsp3) is 0.500. The van der Waals surface area contributed by atoms with Gasteiger partial charge in [-0.2, -0.15) is 0 Å². The van der Waals surface area contributed by atoms with Gasteiger partial charge in [0, 0.05) is 5.54 Å². The molecule has 5 nitrogen and oxygen atoms in total. The van der Waals surface area contributed by atoms with E-state index < -0.39 is 5.66 Å². The number of rotatable bonds is 2. The van der Waals surface area contributed by atoms with Crippen LogP contribution in [0.1, 0.15) is 33.3 Å². The number of benzene rings is 1. The summed E-state index contributed by atoms with van der Waals surface area (Å²) in [7, 11) is 3.43. The third kappa shape index (κ3) is 1.72. The molecular formula is C18H24N2O3. The highest BCUT2D eigenvalue weighted by Crippen LogP contribution is 2.58. The molecule has 5 heteroatoms. The second kappa shape index (κ2) is 4.82. The molecule has 0 aliphatic carbocycles. The molecule has 23 heavy (non-hydrogen) atoms. The topological polar surface area (TPSA) is 42.0 Å². The number of nitrogens with zero attached hydrogens (tertiary/aromatic N) is 2. The summed E-state index contributed by atoms with van der Waals surface area (Å²) < 4.78 is 5.03. The van der Waals surface area contributed by atoms with Crippen LogP contribution in [-0.2, 0) is 20.0 Å². The Balaban J connectivity index is 2.30. The van der Waals surface area contributed by atoms with Gasteiger partial charge in [0.15, 0.2) is 5.66 Å². The quantitative estimate of drug-likeness (QED) is 0.785. The molecule has 2 aliphatic heterocycles. The number of hydrogen-bond donors (Lipinski definition) is 0. The van der Waals surface area contributed by atoms with E-state index in [0.717, 1.165) is 5.56 Å². The average Bonchev–Trinajstić information content (AvgIpc) is 2.99. The molecule has 1 aromatic rings. The van der Waals surface area contributed by atoms with Crippen LogP contribution in [0.2, 0.25) is 0 Å². The van der Waals surface area contributed by atoms with Crippen LogP contribution in [0.5, 0.6) is 0 Å². The van der Waals surface area contributed by atoms with E-state index in [1.807, 2.05) is 42.4 Å². The first kappa shape index (κ1) is 16.0. The summed E-state index contributed by atoms with van der Waals surface area (Å²) in [5.41, 5.74) is 0.101. The zero-order valence-corrected chi connectivity index (χ0v) is 14.6. The van der Waals surface area contributed by atoms with Crippen LogP contribution in [0.25, 0.3) is 0 Å². The standard InChI is InChI=1S/C18H24N2O3/c1-16(2)17(3,4)20-18(19(16)5,13-10-8-7-9-11-13)14(12-23-20)15(21)22-6/h7-12H,1-6H3. The minimum atomic E-state index is -0.804. The van der Waals surface area contributed by atoms with E-state index in [0.29, 0.717) is 5.57 Å². The third-order valence-corrected chi connectivity index (χ3v) is 5.86. The number of ether oxygens (including phenoxy) is 1. The van der Waals surface area contributed by atoms with E-state index in [9.17, 15) is 4.79 Å². The van der Waals surface area contributed by atoms with Crippen molar-refractivity contribution in [2.45, 2.75) is 44.4 Å². The lowest BCUT2D eigenvalue weighted by molar-refractivity contribution is -0.196. The van der Waals surface area contributed by atoms with Crippen LogP contribution in [0, 0.1) is 0 Å². The maximum absolute atomic E-state index is 12.5. The first-order valence-electron chi connectivity index (χ1n) is 7.78. The SMILES string of the molecule is COC(=O)C1=CON2C1(c1ccccc1)N(C)C(C)(C)C2(C)C. The van der Waals surface area contributed by atoms with E-state index in [2.05, 4.69) is 32.6 Å². The fourth-order valence-electron chi connectivity index (χ4n) is 3.73. The smallest absolute Gasteiger partial charge is 0.340 e. The van der Waals surface area contributed by atoms with Gasteiger partial charge in [-0.05, 0) is 40.3 Å². The van der Waals surface area contributed by atoms with Crippen LogP contribution < -0.4 is 0 Å². The lowest BCUT2D eigenvalue weighted by Gasteiger charge is -2.40. The highest BCUT2D eigenvalue weighted by Gasteiger charge is 2.71. The van der Waals surface area contributed by atoms with Crippen molar-refractivity contribution in [2.24, 2.45) is 0 Å². The highest BCUT2D eigenvalue weighted by atomic mass is 16.7. The number of esters is 1. The molecule has 0 aromatic heterocycles. The van der Waals surface area contributed by atoms with Crippen molar-refractivity contribution in [3.63, 3.8) is 0 Å². The molecule has 124 valence electrons. The van der Waals surface area contributed by atoms with Crippen molar-refractivity contribution in [1.29, 1.82) is 0 Å². The molecule has 1 saturated heterocycles. The Kier molecular flexibility index (Phi) is 3.36. The minimum Gasteiger partial charge on any atom is -0.465 e. The average molecular weight is 316 g/mol. The van der Waals surface area contributed by atoms with Crippen molar-refractivity contribution in [3.8, 4) is 0 Å². The molecule has 2 aliphatic rings. The second-order valence-electron chi connectivity index (χ2n) is 7.14. The van der Waals surface area contributed by atoms with Crippen molar-refractivity contribution in [3.05, 3.63) is 47.7 Å². The number of methoxy groups -OCH3 is 1.